The molecule has 4 heteroatoms. The molecule has 3 rings (SSSR count). The second-order valence-electron chi connectivity index (χ2n) is 6.18. The largest absolute Gasteiger partial charge is 0.507 e. The van der Waals surface area contributed by atoms with Crippen LogP contribution in [-0.2, 0) is 6.54 Å². The molecule has 1 aliphatic heterocycles. The van der Waals surface area contributed by atoms with Crippen molar-refractivity contribution in [3.63, 3.8) is 0 Å². The number of hydrogen-bond acceptors (Lipinski definition) is 3. The van der Waals surface area contributed by atoms with Gasteiger partial charge in [-0.1, -0.05) is 12.1 Å². The zero-order chi connectivity index (χ0) is 13.8. The van der Waals surface area contributed by atoms with E-state index in [0.717, 1.165) is 18.4 Å². The van der Waals surface area contributed by atoms with Crippen LogP contribution >= 0.6 is 0 Å². The van der Waals surface area contributed by atoms with Gasteiger partial charge in [-0.15, -0.1) is 0 Å². The number of phenolic OH excluding ortho intramolecular Hbond substituents is 1. The molecule has 1 atom stereocenters. The number of phenols is 1. The molecule has 0 aromatic heterocycles. The number of hydrogen-bond donors (Lipinski definition) is 2. The number of fused-ring (bicyclic) bond motifs is 1. The molecule has 4 nitrogen and oxygen atoms in total. The molecule has 102 valence electrons. The third-order valence-corrected chi connectivity index (χ3v) is 4.07. The standard InChI is InChI=1S/C15H19NO3/c1-15(2,19)13(9-6-7-9)16-8-10-4-3-5-11(17)12(10)14(16)18/h3-5,9,13,17,19H,6-8H2,1-2H3/t13-/m1/s1. The Bertz CT molecular complexity index is 529. The van der Waals surface area contributed by atoms with E-state index >= 15 is 0 Å². The maximum atomic E-state index is 12.5. The van der Waals surface area contributed by atoms with E-state index in [1.807, 2.05) is 6.07 Å². The van der Waals surface area contributed by atoms with Gasteiger partial charge in [0.1, 0.15) is 5.75 Å². The fourth-order valence-corrected chi connectivity index (χ4v) is 3.21. The number of rotatable bonds is 3. The van der Waals surface area contributed by atoms with E-state index in [0.29, 0.717) is 18.0 Å². The Hall–Kier alpha value is -1.55. The summed E-state index contributed by atoms with van der Waals surface area (Å²) >= 11 is 0. The van der Waals surface area contributed by atoms with Gasteiger partial charge in [0.05, 0.1) is 17.2 Å². The van der Waals surface area contributed by atoms with Gasteiger partial charge in [-0.3, -0.25) is 4.79 Å². The second kappa shape index (κ2) is 3.97. The molecule has 0 bridgehead atoms. The minimum atomic E-state index is -0.922. The lowest BCUT2D eigenvalue weighted by Crippen LogP contribution is -2.51. The van der Waals surface area contributed by atoms with Crippen molar-refractivity contribution in [2.45, 2.75) is 44.9 Å². The van der Waals surface area contributed by atoms with Crippen molar-refractivity contribution in [1.82, 2.24) is 4.90 Å². The molecule has 1 saturated carbocycles. The van der Waals surface area contributed by atoms with Gasteiger partial charge in [-0.2, -0.15) is 0 Å². The van der Waals surface area contributed by atoms with Crippen molar-refractivity contribution in [2.24, 2.45) is 5.92 Å². The Morgan fingerprint density at radius 1 is 1.37 bits per heavy atom. The number of nitrogens with zero attached hydrogens (tertiary/aromatic N) is 1. The Morgan fingerprint density at radius 3 is 2.58 bits per heavy atom. The molecule has 1 aromatic carbocycles. The van der Waals surface area contributed by atoms with Crippen LogP contribution in [0.2, 0.25) is 0 Å². The molecule has 0 radical (unpaired) electrons. The van der Waals surface area contributed by atoms with Gasteiger partial charge >= 0.3 is 0 Å². The quantitative estimate of drug-likeness (QED) is 0.873. The zero-order valence-electron chi connectivity index (χ0n) is 11.3. The summed E-state index contributed by atoms with van der Waals surface area (Å²) in [6, 6.07) is 4.98. The van der Waals surface area contributed by atoms with E-state index < -0.39 is 5.60 Å². The summed E-state index contributed by atoms with van der Waals surface area (Å²) in [6.07, 6.45) is 2.11. The number of aliphatic hydroxyl groups is 1. The van der Waals surface area contributed by atoms with Crippen LogP contribution in [0.15, 0.2) is 18.2 Å². The fourth-order valence-electron chi connectivity index (χ4n) is 3.21. The van der Waals surface area contributed by atoms with E-state index in [9.17, 15) is 15.0 Å². The lowest BCUT2D eigenvalue weighted by Gasteiger charge is -2.37. The molecular formula is C15H19NO3. The predicted molar refractivity (Wildman–Crippen MR) is 70.8 cm³/mol. The Labute approximate surface area is 112 Å². The topological polar surface area (TPSA) is 60.8 Å². The molecule has 0 unspecified atom stereocenters. The summed E-state index contributed by atoms with van der Waals surface area (Å²) in [4.78, 5) is 14.2. The monoisotopic (exact) mass is 261 g/mol. The fraction of sp³-hybridized carbons (Fsp3) is 0.533. The molecule has 2 aliphatic rings. The van der Waals surface area contributed by atoms with Gasteiger partial charge in [0.15, 0.2) is 0 Å². The summed E-state index contributed by atoms with van der Waals surface area (Å²) in [5.41, 5.74) is 0.325. The van der Waals surface area contributed by atoms with Crippen LogP contribution in [0.3, 0.4) is 0 Å². The van der Waals surface area contributed by atoms with Gasteiger partial charge < -0.3 is 15.1 Å². The lowest BCUT2D eigenvalue weighted by atomic mass is 9.93. The average molecular weight is 261 g/mol. The normalized spacial score (nSPS) is 20.6. The van der Waals surface area contributed by atoms with E-state index in [1.54, 1.807) is 24.8 Å². The summed E-state index contributed by atoms with van der Waals surface area (Å²) in [6.45, 7) is 3.99. The van der Waals surface area contributed by atoms with Gasteiger partial charge in [0, 0.05) is 6.54 Å². The van der Waals surface area contributed by atoms with Gasteiger partial charge in [0.2, 0.25) is 0 Å². The van der Waals surface area contributed by atoms with Crippen LogP contribution < -0.4 is 0 Å². The molecule has 1 amide bonds. The molecule has 2 N–H and O–H groups in total. The van der Waals surface area contributed by atoms with E-state index in [4.69, 9.17) is 0 Å². The predicted octanol–water partition coefficient (Wildman–Crippen LogP) is 1.90. The number of carbonyl (C=O) groups excluding carboxylic acids is 1. The highest BCUT2D eigenvalue weighted by Crippen LogP contribution is 2.43. The van der Waals surface area contributed by atoms with Crippen molar-refractivity contribution < 1.29 is 15.0 Å². The summed E-state index contributed by atoms with van der Waals surface area (Å²) in [5.74, 6) is 0.253. The van der Waals surface area contributed by atoms with Crippen LogP contribution in [0.25, 0.3) is 0 Å². The molecule has 1 fully saturated rings. The smallest absolute Gasteiger partial charge is 0.258 e. The molecule has 19 heavy (non-hydrogen) atoms. The summed E-state index contributed by atoms with van der Waals surface area (Å²) < 4.78 is 0. The Morgan fingerprint density at radius 2 is 2.05 bits per heavy atom. The highest BCUT2D eigenvalue weighted by molar-refractivity contribution is 6.01. The first-order chi connectivity index (χ1) is 8.89. The van der Waals surface area contributed by atoms with Crippen molar-refractivity contribution in [3.8, 4) is 5.75 Å². The van der Waals surface area contributed by atoms with Crippen LogP contribution in [0, 0.1) is 5.92 Å². The first-order valence-electron chi connectivity index (χ1n) is 6.74. The molecular weight excluding hydrogens is 242 g/mol. The zero-order valence-corrected chi connectivity index (χ0v) is 11.3. The third kappa shape index (κ3) is 2.00. The molecule has 1 aromatic rings. The highest BCUT2D eigenvalue weighted by Gasteiger charge is 2.48. The number of aromatic hydroxyl groups is 1. The molecule has 1 heterocycles. The summed E-state index contributed by atoms with van der Waals surface area (Å²) in [5, 5.41) is 20.2. The first kappa shape index (κ1) is 12.5. The van der Waals surface area contributed by atoms with E-state index in [1.165, 1.54) is 6.07 Å². The lowest BCUT2D eigenvalue weighted by molar-refractivity contribution is -0.0224. The van der Waals surface area contributed by atoms with E-state index in [-0.39, 0.29) is 17.7 Å². The van der Waals surface area contributed by atoms with Crippen LogP contribution in [0.4, 0.5) is 0 Å². The van der Waals surface area contributed by atoms with Gasteiger partial charge in [-0.25, -0.2) is 0 Å². The minimum Gasteiger partial charge on any atom is -0.507 e. The average Bonchev–Trinajstić information content (AvgIpc) is 3.04. The van der Waals surface area contributed by atoms with E-state index in [2.05, 4.69) is 0 Å². The van der Waals surface area contributed by atoms with Gasteiger partial charge in [0.25, 0.3) is 5.91 Å². The van der Waals surface area contributed by atoms with Crippen molar-refractivity contribution in [1.29, 1.82) is 0 Å². The molecule has 0 spiro atoms. The molecule has 0 saturated heterocycles. The Kier molecular flexibility index (Phi) is 2.61. The third-order valence-electron chi connectivity index (χ3n) is 4.07. The SMILES string of the molecule is CC(C)(O)[C@@H](C1CC1)N1Cc2cccc(O)c2C1=O. The first-order valence-corrected chi connectivity index (χ1v) is 6.74. The van der Waals surface area contributed by atoms with Crippen molar-refractivity contribution in [2.75, 3.05) is 0 Å². The maximum absolute atomic E-state index is 12.5. The van der Waals surface area contributed by atoms with Crippen LogP contribution in [0.5, 0.6) is 5.75 Å². The number of carbonyl (C=O) groups is 1. The summed E-state index contributed by atoms with van der Waals surface area (Å²) in [7, 11) is 0. The van der Waals surface area contributed by atoms with Crippen LogP contribution in [-0.4, -0.2) is 32.7 Å². The van der Waals surface area contributed by atoms with Crippen molar-refractivity contribution in [3.05, 3.63) is 29.3 Å². The van der Waals surface area contributed by atoms with Gasteiger partial charge in [-0.05, 0) is 44.2 Å². The number of benzene rings is 1. The maximum Gasteiger partial charge on any atom is 0.258 e. The number of amides is 1. The highest BCUT2D eigenvalue weighted by atomic mass is 16.3. The molecule has 1 aliphatic carbocycles. The van der Waals surface area contributed by atoms with Crippen molar-refractivity contribution >= 4 is 5.91 Å². The van der Waals surface area contributed by atoms with Crippen LogP contribution in [0.1, 0.15) is 42.6 Å². The minimum absolute atomic E-state index is 0.0373. The second-order valence-corrected chi connectivity index (χ2v) is 6.18. The Balaban J connectivity index is 1.97.